The standard InChI is InChI=1S/C15H19N3O2/c1-10(2)12-9-13(18-17-12)16-15(19)14(20-3)11-7-5-4-6-8-11/h4-10,14H,1-3H3,(H2,16,17,18,19). The largest absolute Gasteiger partial charge is 0.367 e. The quantitative estimate of drug-likeness (QED) is 0.880. The van der Waals surface area contributed by atoms with Crippen LogP contribution in [-0.2, 0) is 9.53 Å². The molecule has 20 heavy (non-hydrogen) atoms. The zero-order valence-electron chi connectivity index (χ0n) is 11.9. The molecule has 0 aliphatic heterocycles. The molecule has 2 rings (SSSR count). The van der Waals surface area contributed by atoms with E-state index in [0.717, 1.165) is 11.3 Å². The summed E-state index contributed by atoms with van der Waals surface area (Å²) in [4.78, 5) is 12.2. The van der Waals surface area contributed by atoms with Crippen LogP contribution >= 0.6 is 0 Å². The summed E-state index contributed by atoms with van der Waals surface area (Å²) < 4.78 is 5.27. The number of carbonyl (C=O) groups excluding carboxylic acids is 1. The van der Waals surface area contributed by atoms with E-state index < -0.39 is 6.10 Å². The number of H-pyrrole nitrogens is 1. The molecule has 5 nitrogen and oxygen atoms in total. The monoisotopic (exact) mass is 273 g/mol. The Hall–Kier alpha value is -2.14. The van der Waals surface area contributed by atoms with Gasteiger partial charge in [0, 0.05) is 18.9 Å². The van der Waals surface area contributed by atoms with Crippen molar-refractivity contribution < 1.29 is 9.53 Å². The van der Waals surface area contributed by atoms with Gasteiger partial charge in [0.05, 0.1) is 0 Å². The van der Waals surface area contributed by atoms with E-state index in [4.69, 9.17) is 4.74 Å². The minimum atomic E-state index is -0.643. The predicted octanol–water partition coefficient (Wildman–Crippen LogP) is 2.86. The highest BCUT2D eigenvalue weighted by Crippen LogP contribution is 2.20. The Morgan fingerprint density at radius 1 is 1.30 bits per heavy atom. The second kappa shape index (κ2) is 6.34. The molecule has 1 aromatic carbocycles. The van der Waals surface area contributed by atoms with Crippen molar-refractivity contribution in [3.05, 3.63) is 47.7 Å². The maximum atomic E-state index is 12.2. The van der Waals surface area contributed by atoms with Gasteiger partial charge in [-0.25, -0.2) is 0 Å². The van der Waals surface area contributed by atoms with Gasteiger partial charge in [-0.3, -0.25) is 9.89 Å². The van der Waals surface area contributed by atoms with Crippen LogP contribution in [0.3, 0.4) is 0 Å². The van der Waals surface area contributed by atoms with Gasteiger partial charge in [-0.2, -0.15) is 5.10 Å². The Labute approximate surface area is 118 Å². The van der Waals surface area contributed by atoms with Gasteiger partial charge in [-0.05, 0) is 11.5 Å². The van der Waals surface area contributed by atoms with E-state index in [2.05, 4.69) is 29.4 Å². The lowest BCUT2D eigenvalue weighted by Gasteiger charge is -2.14. The van der Waals surface area contributed by atoms with Crippen LogP contribution in [-0.4, -0.2) is 23.2 Å². The molecule has 1 atom stereocenters. The van der Waals surface area contributed by atoms with Gasteiger partial charge < -0.3 is 10.1 Å². The van der Waals surface area contributed by atoms with Crippen molar-refractivity contribution in [2.45, 2.75) is 25.9 Å². The SMILES string of the molecule is COC(C(=O)Nc1cc(C(C)C)[nH]n1)c1ccccc1. The molecule has 1 aromatic heterocycles. The summed E-state index contributed by atoms with van der Waals surface area (Å²) in [6, 6.07) is 11.2. The molecule has 2 N–H and O–H groups in total. The van der Waals surface area contributed by atoms with Gasteiger partial charge >= 0.3 is 0 Å². The second-order valence-electron chi connectivity index (χ2n) is 4.88. The molecule has 1 unspecified atom stereocenters. The molecule has 0 fully saturated rings. The van der Waals surface area contributed by atoms with Crippen LogP contribution in [0.15, 0.2) is 36.4 Å². The van der Waals surface area contributed by atoms with E-state index in [-0.39, 0.29) is 5.91 Å². The molecule has 0 radical (unpaired) electrons. The molecule has 0 bridgehead atoms. The van der Waals surface area contributed by atoms with Crippen molar-refractivity contribution >= 4 is 11.7 Å². The molecule has 0 saturated heterocycles. The van der Waals surface area contributed by atoms with Gasteiger partial charge in [-0.15, -0.1) is 0 Å². The first-order valence-corrected chi connectivity index (χ1v) is 6.55. The maximum Gasteiger partial charge on any atom is 0.259 e. The average Bonchev–Trinajstić information content (AvgIpc) is 2.89. The number of aromatic amines is 1. The summed E-state index contributed by atoms with van der Waals surface area (Å²) in [5.41, 5.74) is 1.79. The molecule has 0 saturated carbocycles. The first-order valence-electron chi connectivity index (χ1n) is 6.55. The van der Waals surface area contributed by atoms with Crippen molar-refractivity contribution in [3.63, 3.8) is 0 Å². The van der Waals surface area contributed by atoms with Gasteiger partial charge in [0.1, 0.15) is 0 Å². The summed E-state index contributed by atoms with van der Waals surface area (Å²) in [6.45, 7) is 4.11. The van der Waals surface area contributed by atoms with Crippen LogP contribution in [0.25, 0.3) is 0 Å². The second-order valence-corrected chi connectivity index (χ2v) is 4.88. The van der Waals surface area contributed by atoms with Gasteiger partial charge in [0.25, 0.3) is 5.91 Å². The molecule has 0 aliphatic rings. The number of nitrogens with zero attached hydrogens (tertiary/aromatic N) is 1. The van der Waals surface area contributed by atoms with Crippen molar-refractivity contribution in [2.24, 2.45) is 0 Å². The van der Waals surface area contributed by atoms with Crippen LogP contribution in [0.5, 0.6) is 0 Å². The van der Waals surface area contributed by atoms with Crippen molar-refractivity contribution in [1.29, 1.82) is 0 Å². The first kappa shape index (κ1) is 14.3. The lowest BCUT2D eigenvalue weighted by atomic mass is 10.1. The zero-order valence-corrected chi connectivity index (χ0v) is 11.9. The maximum absolute atomic E-state index is 12.2. The van der Waals surface area contributed by atoms with E-state index in [9.17, 15) is 4.79 Å². The summed E-state index contributed by atoms with van der Waals surface area (Å²) in [7, 11) is 1.52. The Bertz CT molecular complexity index is 564. The van der Waals surface area contributed by atoms with Crippen molar-refractivity contribution in [2.75, 3.05) is 12.4 Å². The molecule has 0 spiro atoms. The van der Waals surface area contributed by atoms with E-state index in [1.165, 1.54) is 7.11 Å². The normalized spacial score (nSPS) is 12.4. The lowest BCUT2D eigenvalue weighted by Crippen LogP contribution is -2.22. The van der Waals surface area contributed by atoms with E-state index in [1.54, 1.807) is 0 Å². The number of ether oxygens (including phenoxy) is 1. The van der Waals surface area contributed by atoms with E-state index in [1.807, 2.05) is 36.4 Å². The Balaban J connectivity index is 2.09. The van der Waals surface area contributed by atoms with Crippen molar-refractivity contribution in [3.8, 4) is 0 Å². The first-order chi connectivity index (χ1) is 9.61. The summed E-state index contributed by atoms with van der Waals surface area (Å²) >= 11 is 0. The predicted molar refractivity (Wildman–Crippen MR) is 77.5 cm³/mol. The molecule has 0 aliphatic carbocycles. The number of hydrogen-bond donors (Lipinski definition) is 2. The third-order valence-corrected chi connectivity index (χ3v) is 3.05. The number of carbonyl (C=O) groups is 1. The van der Waals surface area contributed by atoms with Crippen LogP contribution in [0.1, 0.15) is 37.1 Å². The summed E-state index contributed by atoms with van der Waals surface area (Å²) in [6.07, 6.45) is -0.643. The fourth-order valence-corrected chi connectivity index (χ4v) is 1.91. The molecule has 106 valence electrons. The molecular weight excluding hydrogens is 254 g/mol. The van der Waals surface area contributed by atoms with Gasteiger partial charge in [0.15, 0.2) is 11.9 Å². The van der Waals surface area contributed by atoms with E-state index in [0.29, 0.717) is 11.7 Å². The smallest absolute Gasteiger partial charge is 0.259 e. The van der Waals surface area contributed by atoms with Gasteiger partial charge in [0.2, 0.25) is 0 Å². The van der Waals surface area contributed by atoms with Gasteiger partial charge in [-0.1, -0.05) is 44.2 Å². The highest BCUT2D eigenvalue weighted by molar-refractivity contribution is 5.94. The Morgan fingerprint density at radius 2 is 2.00 bits per heavy atom. The Kier molecular flexibility index (Phi) is 4.53. The summed E-state index contributed by atoms with van der Waals surface area (Å²) in [5.74, 6) is 0.609. The van der Waals surface area contributed by atoms with Crippen molar-refractivity contribution in [1.82, 2.24) is 10.2 Å². The topological polar surface area (TPSA) is 67.0 Å². The lowest BCUT2D eigenvalue weighted by molar-refractivity contribution is -0.126. The third-order valence-electron chi connectivity index (χ3n) is 3.05. The molecule has 1 amide bonds. The third kappa shape index (κ3) is 3.24. The minimum Gasteiger partial charge on any atom is -0.367 e. The van der Waals surface area contributed by atoms with Crippen LogP contribution < -0.4 is 5.32 Å². The number of amides is 1. The fourth-order valence-electron chi connectivity index (χ4n) is 1.91. The number of methoxy groups -OCH3 is 1. The highest BCUT2D eigenvalue weighted by atomic mass is 16.5. The molecular formula is C15H19N3O2. The van der Waals surface area contributed by atoms with Crippen LogP contribution in [0.2, 0.25) is 0 Å². The number of hydrogen-bond acceptors (Lipinski definition) is 3. The molecule has 2 aromatic rings. The molecule has 5 heteroatoms. The number of benzene rings is 1. The summed E-state index contributed by atoms with van der Waals surface area (Å²) in [5, 5.41) is 9.74. The number of anilines is 1. The van der Waals surface area contributed by atoms with Crippen LogP contribution in [0.4, 0.5) is 5.82 Å². The van der Waals surface area contributed by atoms with Crippen LogP contribution in [0, 0.1) is 0 Å². The minimum absolute atomic E-state index is 0.236. The number of nitrogens with one attached hydrogen (secondary N) is 2. The highest BCUT2D eigenvalue weighted by Gasteiger charge is 2.20. The number of aromatic nitrogens is 2. The fraction of sp³-hybridized carbons (Fsp3) is 0.333. The average molecular weight is 273 g/mol. The number of rotatable bonds is 5. The Morgan fingerprint density at radius 3 is 2.55 bits per heavy atom. The zero-order chi connectivity index (χ0) is 14.5. The van der Waals surface area contributed by atoms with E-state index >= 15 is 0 Å². The molecule has 1 heterocycles.